The Kier molecular flexibility index (Phi) is 4.68. The number of hydrogen-bond donors (Lipinski definition) is 1. The number of aromatic nitrogens is 2. The van der Waals surface area contributed by atoms with E-state index in [1.807, 2.05) is 35.7 Å². The van der Waals surface area contributed by atoms with Crippen molar-refractivity contribution in [1.82, 2.24) is 19.6 Å². The largest absolute Gasteiger partial charge is 0.379 e. The average Bonchev–Trinajstić information content (AvgIpc) is 2.89. The molecule has 3 heterocycles. The number of aryl methyl sites for hydroxylation is 1. The number of rotatable bonds is 5. The van der Waals surface area contributed by atoms with E-state index in [-0.39, 0.29) is 6.04 Å². The number of imidazole rings is 1. The molecule has 116 valence electrons. The standard InChI is InChI=1S/C16H21N5O/c1-13-16(21-6-3-2-4-15(21)19-13)14(12-17)18-5-7-20-8-10-22-11-9-20/h2-4,6,14,18H,5,7-11H2,1H3. The third kappa shape index (κ3) is 3.12. The molecule has 0 radical (unpaired) electrons. The Morgan fingerprint density at radius 1 is 1.41 bits per heavy atom. The number of nitriles is 1. The molecule has 1 saturated heterocycles. The third-order valence-electron chi connectivity index (χ3n) is 4.03. The molecule has 1 fully saturated rings. The molecule has 6 nitrogen and oxygen atoms in total. The van der Waals surface area contributed by atoms with Gasteiger partial charge in [-0.25, -0.2) is 4.98 Å². The highest BCUT2D eigenvalue weighted by atomic mass is 16.5. The van der Waals surface area contributed by atoms with Gasteiger partial charge in [0.05, 0.1) is 30.7 Å². The van der Waals surface area contributed by atoms with E-state index in [4.69, 9.17) is 4.74 Å². The van der Waals surface area contributed by atoms with Gasteiger partial charge in [-0.3, -0.25) is 10.2 Å². The van der Waals surface area contributed by atoms with Gasteiger partial charge < -0.3 is 9.14 Å². The molecule has 1 aliphatic heterocycles. The molecule has 0 saturated carbocycles. The van der Waals surface area contributed by atoms with E-state index in [0.717, 1.165) is 56.4 Å². The molecule has 3 rings (SSSR count). The van der Waals surface area contributed by atoms with Crippen molar-refractivity contribution in [3.63, 3.8) is 0 Å². The second kappa shape index (κ2) is 6.88. The van der Waals surface area contributed by atoms with Gasteiger partial charge in [-0.2, -0.15) is 5.26 Å². The summed E-state index contributed by atoms with van der Waals surface area (Å²) >= 11 is 0. The fourth-order valence-electron chi connectivity index (χ4n) is 2.88. The molecule has 1 unspecified atom stereocenters. The third-order valence-corrected chi connectivity index (χ3v) is 4.03. The van der Waals surface area contributed by atoms with Crippen LogP contribution in [0.25, 0.3) is 5.65 Å². The van der Waals surface area contributed by atoms with Crippen LogP contribution in [0.1, 0.15) is 17.4 Å². The van der Waals surface area contributed by atoms with Crippen LogP contribution in [0.2, 0.25) is 0 Å². The second-order valence-corrected chi connectivity index (χ2v) is 5.48. The molecule has 1 atom stereocenters. The summed E-state index contributed by atoms with van der Waals surface area (Å²) in [4.78, 5) is 6.88. The molecule has 1 N–H and O–H groups in total. The number of nitrogens with zero attached hydrogens (tertiary/aromatic N) is 4. The fraction of sp³-hybridized carbons (Fsp3) is 0.500. The maximum Gasteiger partial charge on any atom is 0.138 e. The number of ether oxygens (including phenoxy) is 1. The molecular weight excluding hydrogens is 278 g/mol. The van der Waals surface area contributed by atoms with Crippen molar-refractivity contribution in [2.75, 3.05) is 39.4 Å². The lowest BCUT2D eigenvalue weighted by Gasteiger charge is -2.27. The van der Waals surface area contributed by atoms with E-state index in [9.17, 15) is 5.26 Å². The highest BCUT2D eigenvalue weighted by Crippen LogP contribution is 2.19. The van der Waals surface area contributed by atoms with Crippen molar-refractivity contribution in [2.45, 2.75) is 13.0 Å². The summed E-state index contributed by atoms with van der Waals surface area (Å²) < 4.78 is 7.34. The molecule has 0 aromatic carbocycles. The molecule has 6 heteroatoms. The van der Waals surface area contributed by atoms with Gasteiger partial charge in [-0.15, -0.1) is 0 Å². The van der Waals surface area contributed by atoms with E-state index in [1.165, 1.54) is 0 Å². The van der Waals surface area contributed by atoms with Crippen molar-refractivity contribution >= 4 is 5.65 Å². The zero-order valence-corrected chi connectivity index (χ0v) is 12.8. The minimum Gasteiger partial charge on any atom is -0.379 e. The van der Waals surface area contributed by atoms with Gasteiger partial charge in [0, 0.05) is 32.4 Å². The van der Waals surface area contributed by atoms with Gasteiger partial charge in [0.2, 0.25) is 0 Å². The van der Waals surface area contributed by atoms with Crippen molar-refractivity contribution in [1.29, 1.82) is 5.26 Å². The van der Waals surface area contributed by atoms with E-state index < -0.39 is 0 Å². The van der Waals surface area contributed by atoms with Gasteiger partial charge in [-0.05, 0) is 19.1 Å². The van der Waals surface area contributed by atoms with Crippen LogP contribution in [0.4, 0.5) is 0 Å². The number of nitrogens with one attached hydrogen (secondary N) is 1. The summed E-state index contributed by atoms with van der Waals surface area (Å²) in [7, 11) is 0. The number of pyridine rings is 1. The monoisotopic (exact) mass is 299 g/mol. The van der Waals surface area contributed by atoms with Crippen LogP contribution >= 0.6 is 0 Å². The molecule has 2 aromatic heterocycles. The normalized spacial score (nSPS) is 17.5. The van der Waals surface area contributed by atoms with E-state index in [2.05, 4.69) is 21.3 Å². The summed E-state index contributed by atoms with van der Waals surface area (Å²) in [6, 6.07) is 7.88. The lowest BCUT2D eigenvalue weighted by molar-refractivity contribution is 0.0383. The van der Waals surface area contributed by atoms with Crippen LogP contribution in [0.5, 0.6) is 0 Å². The van der Waals surface area contributed by atoms with Crippen LogP contribution in [0.3, 0.4) is 0 Å². The molecule has 2 aromatic rings. The van der Waals surface area contributed by atoms with Crippen LogP contribution in [0.15, 0.2) is 24.4 Å². The molecule has 1 aliphatic rings. The summed E-state index contributed by atoms with van der Waals surface area (Å²) in [6.07, 6.45) is 1.96. The number of morpholine rings is 1. The molecular formula is C16H21N5O. The minimum atomic E-state index is -0.349. The molecule has 0 amide bonds. The first kappa shape index (κ1) is 15.0. The summed E-state index contributed by atoms with van der Waals surface area (Å²) in [5, 5.41) is 12.9. The molecule has 0 aliphatic carbocycles. The maximum atomic E-state index is 9.53. The zero-order valence-electron chi connectivity index (χ0n) is 12.8. The van der Waals surface area contributed by atoms with Crippen molar-refractivity contribution < 1.29 is 4.74 Å². The van der Waals surface area contributed by atoms with Crippen molar-refractivity contribution in [2.24, 2.45) is 0 Å². The van der Waals surface area contributed by atoms with Gasteiger partial charge >= 0.3 is 0 Å². The smallest absolute Gasteiger partial charge is 0.138 e. The van der Waals surface area contributed by atoms with Gasteiger partial charge in [-0.1, -0.05) is 6.07 Å². The summed E-state index contributed by atoms with van der Waals surface area (Å²) in [5.41, 5.74) is 2.71. The molecule has 0 spiro atoms. The maximum absolute atomic E-state index is 9.53. The van der Waals surface area contributed by atoms with Crippen LogP contribution in [-0.4, -0.2) is 53.7 Å². The Morgan fingerprint density at radius 3 is 3.00 bits per heavy atom. The predicted molar refractivity (Wildman–Crippen MR) is 83.5 cm³/mol. The Hall–Kier alpha value is -1.94. The first-order valence-corrected chi connectivity index (χ1v) is 7.66. The quantitative estimate of drug-likeness (QED) is 0.896. The average molecular weight is 299 g/mol. The molecule has 0 bridgehead atoms. The second-order valence-electron chi connectivity index (χ2n) is 5.48. The Morgan fingerprint density at radius 2 is 2.23 bits per heavy atom. The zero-order chi connectivity index (χ0) is 15.4. The summed E-state index contributed by atoms with van der Waals surface area (Å²) in [6.45, 7) is 7.19. The van der Waals surface area contributed by atoms with Gasteiger partial charge in [0.1, 0.15) is 11.7 Å². The predicted octanol–water partition coefficient (Wildman–Crippen LogP) is 1.13. The van der Waals surface area contributed by atoms with Gasteiger partial charge in [0.15, 0.2) is 0 Å². The summed E-state index contributed by atoms with van der Waals surface area (Å²) in [5.74, 6) is 0. The number of fused-ring (bicyclic) bond motifs is 1. The minimum absolute atomic E-state index is 0.349. The first-order valence-electron chi connectivity index (χ1n) is 7.66. The highest BCUT2D eigenvalue weighted by molar-refractivity contribution is 5.44. The van der Waals surface area contributed by atoms with Crippen LogP contribution in [-0.2, 0) is 4.74 Å². The van der Waals surface area contributed by atoms with Crippen LogP contribution in [0, 0.1) is 18.3 Å². The Bertz CT molecular complexity index is 669. The SMILES string of the molecule is Cc1nc2ccccn2c1C(C#N)NCCN1CCOCC1. The molecule has 22 heavy (non-hydrogen) atoms. The first-order chi connectivity index (χ1) is 10.8. The Balaban J connectivity index is 1.68. The van der Waals surface area contributed by atoms with E-state index in [1.54, 1.807) is 0 Å². The van der Waals surface area contributed by atoms with E-state index >= 15 is 0 Å². The lowest BCUT2D eigenvalue weighted by atomic mass is 10.2. The van der Waals surface area contributed by atoms with Gasteiger partial charge in [0.25, 0.3) is 0 Å². The topological polar surface area (TPSA) is 65.6 Å². The highest BCUT2D eigenvalue weighted by Gasteiger charge is 2.19. The van der Waals surface area contributed by atoms with Crippen molar-refractivity contribution in [3.8, 4) is 6.07 Å². The Labute approximate surface area is 130 Å². The number of hydrogen-bond acceptors (Lipinski definition) is 5. The lowest BCUT2D eigenvalue weighted by Crippen LogP contribution is -2.40. The van der Waals surface area contributed by atoms with E-state index in [0.29, 0.717) is 0 Å². The van der Waals surface area contributed by atoms with Crippen molar-refractivity contribution in [3.05, 3.63) is 35.8 Å². The fourth-order valence-corrected chi connectivity index (χ4v) is 2.88. The van der Waals surface area contributed by atoms with Crippen LogP contribution < -0.4 is 5.32 Å².